The molecule has 3 N–H and O–H groups in total. The molecule has 0 radical (unpaired) electrons. The summed E-state index contributed by atoms with van der Waals surface area (Å²) in [5, 5.41) is 3.56. The molecule has 0 spiro atoms. The van der Waals surface area contributed by atoms with Gasteiger partial charge < -0.3 is 11.1 Å². The molecule has 1 fully saturated rings. The zero-order chi connectivity index (χ0) is 11.4. The molecule has 0 saturated heterocycles. The Balaban J connectivity index is 1.94. The summed E-state index contributed by atoms with van der Waals surface area (Å²) in [6.45, 7) is 2.12. The molecule has 4 nitrogen and oxygen atoms in total. The monoisotopic (exact) mass is 220 g/mol. The Labute approximate surface area is 96.7 Å². The molecule has 1 aliphatic rings. The third-order valence-electron chi connectivity index (χ3n) is 3.31. The van der Waals surface area contributed by atoms with E-state index in [9.17, 15) is 0 Å². The van der Waals surface area contributed by atoms with Crippen LogP contribution in [0.3, 0.4) is 0 Å². The van der Waals surface area contributed by atoms with Crippen LogP contribution >= 0.6 is 0 Å². The molecule has 0 amide bonds. The number of hydrogen-bond donors (Lipinski definition) is 2. The van der Waals surface area contributed by atoms with Crippen molar-refractivity contribution < 1.29 is 0 Å². The molecule has 1 saturated carbocycles. The van der Waals surface area contributed by atoms with Gasteiger partial charge in [0.2, 0.25) is 0 Å². The zero-order valence-electron chi connectivity index (χ0n) is 9.76. The van der Waals surface area contributed by atoms with E-state index < -0.39 is 0 Å². The van der Waals surface area contributed by atoms with E-state index >= 15 is 0 Å². The molecule has 0 aromatic carbocycles. The van der Waals surface area contributed by atoms with Crippen molar-refractivity contribution in [2.45, 2.75) is 50.7 Å². The predicted molar refractivity (Wildman–Crippen MR) is 63.8 cm³/mol. The molecule has 16 heavy (non-hydrogen) atoms. The van der Waals surface area contributed by atoms with E-state index in [0.29, 0.717) is 6.04 Å². The molecule has 2 rings (SSSR count). The normalized spacial score (nSPS) is 27.6. The van der Waals surface area contributed by atoms with Crippen molar-refractivity contribution in [2.75, 3.05) is 0 Å². The Morgan fingerprint density at radius 3 is 2.88 bits per heavy atom. The average molecular weight is 220 g/mol. The van der Waals surface area contributed by atoms with Gasteiger partial charge in [0.25, 0.3) is 0 Å². The molecule has 1 aliphatic carbocycles. The molecule has 4 heteroatoms. The lowest BCUT2D eigenvalue weighted by atomic mass is 9.90. The lowest BCUT2D eigenvalue weighted by molar-refractivity contribution is 0.305. The fraction of sp³-hybridized carbons (Fsp3) is 0.667. The maximum absolute atomic E-state index is 6.11. The second-order valence-electron chi connectivity index (χ2n) is 4.57. The molecule has 1 aromatic heterocycles. The molecule has 0 aliphatic heterocycles. The first kappa shape index (κ1) is 11.5. The molecular weight excluding hydrogens is 200 g/mol. The molecular formula is C12H20N4. The number of nitrogens with zero attached hydrogens (tertiary/aromatic N) is 2. The zero-order valence-corrected chi connectivity index (χ0v) is 9.76. The van der Waals surface area contributed by atoms with Crippen molar-refractivity contribution in [3.63, 3.8) is 0 Å². The summed E-state index contributed by atoms with van der Waals surface area (Å²) in [4.78, 5) is 8.39. The third kappa shape index (κ3) is 2.77. The van der Waals surface area contributed by atoms with Gasteiger partial charge >= 0.3 is 0 Å². The van der Waals surface area contributed by atoms with E-state index in [1.165, 1.54) is 19.3 Å². The van der Waals surface area contributed by atoms with Gasteiger partial charge in [-0.15, -0.1) is 0 Å². The third-order valence-corrected chi connectivity index (χ3v) is 3.31. The van der Waals surface area contributed by atoms with Crippen molar-refractivity contribution in [3.8, 4) is 0 Å². The molecule has 0 unspecified atom stereocenters. The number of rotatable bonds is 3. The Bertz CT molecular complexity index is 314. The second-order valence-corrected chi connectivity index (χ2v) is 4.57. The first-order chi connectivity index (χ1) is 7.77. The summed E-state index contributed by atoms with van der Waals surface area (Å²) in [5.41, 5.74) is 7.09. The number of hydrogen-bond acceptors (Lipinski definition) is 4. The van der Waals surface area contributed by atoms with Crippen LogP contribution < -0.4 is 11.1 Å². The van der Waals surface area contributed by atoms with E-state index in [2.05, 4.69) is 22.2 Å². The van der Waals surface area contributed by atoms with Crippen molar-refractivity contribution in [1.82, 2.24) is 15.3 Å². The Hall–Kier alpha value is -1.00. The SMILES string of the molecule is C[C@@H](N[C@@H]1CCCC[C@@H]1N)c1cnccn1. The summed E-state index contributed by atoms with van der Waals surface area (Å²) in [6.07, 6.45) is 10.1. The van der Waals surface area contributed by atoms with Crippen LogP contribution in [0.4, 0.5) is 0 Å². The van der Waals surface area contributed by atoms with Crippen molar-refractivity contribution >= 4 is 0 Å². The van der Waals surface area contributed by atoms with Crippen LogP contribution in [0.2, 0.25) is 0 Å². The minimum Gasteiger partial charge on any atom is -0.326 e. The molecule has 1 heterocycles. The summed E-state index contributed by atoms with van der Waals surface area (Å²) in [5.74, 6) is 0. The maximum Gasteiger partial charge on any atom is 0.0753 e. The Morgan fingerprint density at radius 1 is 1.38 bits per heavy atom. The van der Waals surface area contributed by atoms with Gasteiger partial charge in [0.05, 0.1) is 5.69 Å². The minimum atomic E-state index is 0.225. The van der Waals surface area contributed by atoms with Crippen LogP contribution in [0, 0.1) is 0 Å². The van der Waals surface area contributed by atoms with Gasteiger partial charge in [-0.1, -0.05) is 12.8 Å². The lowest BCUT2D eigenvalue weighted by Gasteiger charge is -2.31. The van der Waals surface area contributed by atoms with Gasteiger partial charge in [0.15, 0.2) is 0 Å². The van der Waals surface area contributed by atoms with Crippen LogP contribution in [0.1, 0.15) is 44.3 Å². The Kier molecular flexibility index (Phi) is 3.85. The smallest absolute Gasteiger partial charge is 0.0753 e. The summed E-state index contributed by atoms with van der Waals surface area (Å²) < 4.78 is 0. The Morgan fingerprint density at radius 2 is 2.19 bits per heavy atom. The van der Waals surface area contributed by atoms with Crippen LogP contribution in [0.15, 0.2) is 18.6 Å². The van der Waals surface area contributed by atoms with Crippen LogP contribution in [0.5, 0.6) is 0 Å². The average Bonchev–Trinajstić information content (AvgIpc) is 2.33. The second kappa shape index (κ2) is 5.37. The summed E-state index contributed by atoms with van der Waals surface area (Å²) in [6, 6.07) is 0.932. The van der Waals surface area contributed by atoms with E-state index in [1.54, 1.807) is 12.4 Å². The van der Waals surface area contributed by atoms with E-state index in [-0.39, 0.29) is 12.1 Å². The van der Waals surface area contributed by atoms with E-state index in [1.807, 2.05) is 6.20 Å². The highest BCUT2D eigenvalue weighted by molar-refractivity contribution is 5.02. The van der Waals surface area contributed by atoms with Gasteiger partial charge in [-0.2, -0.15) is 0 Å². The van der Waals surface area contributed by atoms with E-state index in [0.717, 1.165) is 12.1 Å². The number of nitrogens with two attached hydrogens (primary N) is 1. The fourth-order valence-electron chi connectivity index (χ4n) is 2.31. The highest BCUT2D eigenvalue weighted by Gasteiger charge is 2.23. The van der Waals surface area contributed by atoms with Crippen molar-refractivity contribution in [1.29, 1.82) is 0 Å². The van der Waals surface area contributed by atoms with Crippen molar-refractivity contribution in [3.05, 3.63) is 24.3 Å². The quantitative estimate of drug-likeness (QED) is 0.808. The molecule has 1 aromatic rings. The molecule has 88 valence electrons. The number of aromatic nitrogens is 2. The fourth-order valence-corrected chi connectivity index (χ4v) is 2.31. The van der Waals surface area contributed by atoms with E-state index in [4.69, 9.17) is 5.73 Å². The maximum atomic E-state index is 6.11. The lowest BCUT2D eigenvalue weighted by Crippen LogP contribution is -2.47. The topological polar surface area (TPSA) is 63.8 Å². The highest BCUT2D eigenvalue weighted by atomic mass is 15.0. The van der Waals surface area contributed by atoms with Gasteiger partial charge in [0.1, 0.15) is 0 Å². The van der Waals surface area contributed by atoms with Crippen LogP contribution in [-0.4, -0.2) is 22.1 Å². The van der Waals surface area contributed by atoms with Gasteiger partial charge in [0, 0.05) is 36.7 Å². The van der Waals surface area contributed by atoms with Crippen molar-refractivity contribution in [2.24, 2.45) is 5.73 Å². The van der Waals surface area contributed by atoms with Crippen LogP contribution in [-0.2, 0) is 0 Å². The first-order valence-electron chi connectivity index (χ1n) is 6.05. The predicted octanol–water partition coefficient (Wildman–Crippen LogP) is 1.40. The summed E-state index contributed by atoms with van der Waals surface area (Å²) >= 11 is 0. The standard InChI is InChI=1S/C12H20N4/c1-9(12-8-14-6-7-15-12)16-11-5-3-2-4-10(11)13/h6-11,16H,2-5,13H2,1H3/t9-,10+,11-/m1/s1. The highest BCUT2D eigenvalue weighted by Crippen LogP contribution is 2.19. The van der Waals surface area contributed by atoms with Gasteiger partial charge in [-0.25, -0.2) is 0 Å². The molecule has 3 atom stereocenters. The van der Waals surface area contributed by atoms with Gasteiger partial charge in [-0.05, 0) is 19.8 Å². The number of nitrogens with one attached hydrogen (secondary N) is 1. The largest absolute Gasteiger partial charge is 0.326 e. The molecule has 0 bridgehead atoms. The minimum absolute atomic E-state index is 0.225. The summed E-state index contributed by atoms with van der Waals surface area (Å²) in [7, 11) is 0. The van der Waals surface area contributed by atoms with Crippen LogP contribution in [0.25, 0.3) is 0 Å². The van der Waals surface area contributed by atoms with Gasteiger partial charge in [-0.3, -0.25) is 9.97 Å². The first-order valence-corrected chi connectivity index (χ1v) is 6.05.